The maximum atomic E-state index is 6.00. The third kappa shape index (κ3) is 5.44. The van der Waals surface area contributed by atoms with E-state index in [-0.39, 0.29) is 49.6 Å². The molecule has 8 rings (SSSR count). The van der Waals surface area contributed by atoms with Gasteiger partial charge in [0.1, 0.15) is 11.5 Å². The molecule has 0 N–H and O–H groups in total. The van der Waals surface area contributed by atoms with Gasteiger partial charge in [0.25, 0.3) is 0 Å². The van der Waals surface area contributed by atoms with E-state index in [2.05, 4.69) is 84.9 Å². The van der Waals surface area contributed by atoms with Gasteiger partial charge in [0.15, 0.2) is 0 Å². The Balaban J connectivity index is 0.000000144. The standard InChI is InChI=1S/2C19H13O.Ca/c2*1-2-8-14(9-3-1)19-15-10-4-6-12-17(15)20-18-13-7-5-11-16(18)19;/h2*1-10,12-13,19H;/q2*-1;+2. The molecule has 2 atom stereocenters. The SMILES string of the molecule is [Ca+2].[c-]1cccc2c1C(c1ccccc1)c1ccccc1O2.[c-]1cccc2c1C(c1ccccc1)c1ccccc1O2. The third-order valence-corrected chi connectivity index (χ3v) is 7.44. The summed E-state index contributed by atoms with van der Waals surface area (Å²) in [6, 6.07) is 56.1. The third-order valence-electron chi connectivity index (χ3n) is 7.44. The van der Waals surface area contributed by atoms with Gasteiger partial charge in [0.2, 0.25) is 0 Å². The maximum absolute atomic E-state index is 6.00. The first kappa shape index (κ1) is 27.4. The van der Waals surface area contributed by atoms with Crippen LogP contribution in [0.4, 0.5) is 0 Å². The molecular weight excluding hydrogens is 528 g/mol. The molecule has 192 valence electrons. The first-order valence-corrected chi connectivity index (χ1v) is 13.5. The zero-order valence-electron chi connectivity index (χ0n) is 22.5. The Kier molecular flexibility index (Phi) is 8.25. The molecule has 0 aliphatic carbocycles. The van der Waals surface area contributed by atoms with E-state index in [0.717, 1.165) is 34.1 Å². The predicted molar refractivity (Wildman–Crippen MR) is 164 cm³/mol. The van der Waals surface area contributed by atoms with Gasteiger partial charge in [-0.2, -0.15) is 36.4 Å². The summed E-state index contributed by atoms with van der Waals surface area (Å²) in [5, 5.41) is 0. The number of rotatable bonds is 2. The molecule has 0 fully saturated rings. The van der Waals surface area contributed by atoms with Crippen LogP contribution in [-0.2, 0) is 0 Å². The average molecular weight is 555 g/mol. The molecule has 0 radical (unpaired) electrons. The van der Waals surface area contributed by atoms with Gasteiger partial charge in [-0.15, -0.1) is 23.3 Å². The molecule has 0 bridgehead atoms. The Bertz CT molecular complexity index is 1540. The molecule has 2 nitrogen and oxygen atoms in total. The zero-order chi connectivity index (χ0) is 26.7. The molecule has 0 saturated heterocycles. The van der Waals surface area contributed by atoms with Gasteiger partial charge in [0.05, 0.1) is 0 Å². The van der Waals surface area contributed by atoms with Crippen molar-refractivity contribution in [2.75, 3.05) is 0 Å². The van der Waals surface area contributed by atoms with Crippen molar-refractivity contribution in [3.63, 3.8) is 0 Å². The van der Waals surface area contributed by atoms with Crippen LogP contribution < -0.4 is 9.47 Å². The fourth-order valence-electron chi connectivity index (χ4n) is 5.65. The van der Waals surface area contributed by atoms with Gasteiger partial charge in [-0.1, -0.05) is 97.1 Å². The van der Waals surface area contributed by atoms with Gasteiger partial charge in [-0.05, 0) is 23.3 Å². The van der Waals surface area contributed by atoms with Crippen molar-refractivity contribution in [1.82, 2.24) is 0 Å². The van der Waals surface area contributed by atoms with E-state index in [1.165, 1.54) is 22.3 Å². The van der Waals surface area contributed by atoms with E-state index < -0.39 is 0 Å². The van der Waals surface area contributed by atoms with Crippen LogP contribution in [0.25, 0.3) is 0 Å². The molecule has 0 amide bonds. The summed E-state index contributed by atoms with van der Waals surface area (Å²) in [7, 11) is 0. The second-order valence-corrected chi connectivity index (χ2v) is 9.86. The van der Waals surface area contributed by atoms with Crippen LogP contribution >= 0.6 is 0 Å². The van der Waals surface area contributed by atoms with Crippen molar-refractivity contribution in [3.8, 4) is 23.0 Å². The quantitative estimate of drug-likeness (QED) is 0.157. The van der Waals surface area contributed by atoms with Crippen LogP contribution in [0.5, 0.6) is 23.0 Å². The summed E-state index contributed by atoms with van der Waals surface area (Å²) in [6.45, 7) is 0. The number of hydrogen-bond acceptors (Lipinski definition) is 2. The van der Waals surface area contributed by atoms with Crippen LogP contribution in [0.1, 0.15) is 45.2 Å². The molecule has 41 heavy (non-hydrogen) atoms. The van der Waals surface area contributed by atoms with Gasteiger partial charge < -0.3 is 9.47 Å². The van der Waals surface area contributed by atoms with Crippen molar-refractivity contribution in [3.05, 3.63) is 191 Å². The summed E-state index contributed by atoms with van der Waals surface area (Å²) in [5.74, 6) is 4.07. The van der Waals surface area contributed by atoms with Gasteiger partial charge in [-0.25, -0.2) is 0 Å². The summed E-state index contributed by atoms with van der Waals surface area (Å²) in [4.78, 5) is 0. The van der Waals surface area contributed by atoms with Crippen LogP contribution in [-0.4, -0.2) is 37.7 Å². The smallest absolute Gasteiger partial charge is 0.516 e. The molecular formula is C38H26CaO2. The zero-order valence-corrected chi connectivity index (χ0v) is 24.7. The van der Waals surface area contributed by atoms with Gasteiger partial charge in [-0.3, -0.25) is 0 Å². The predicted octanol–water partition coefficient (Wildman–Crippen LogP) is 9.16. The van der Waals surface area contributed by atoms with Crippen molar-refractivity contribution in [2.24, 2.45) is 0 Å². The fraction of sp³-hybridized carbons (Fsp3) is 0.0526. The number of fused-ring (bicyclic) bond motifs is 4. The van der Waals surface area contributed by atoms with E-state index in [0.29, 0.717) is 0 Å². The minimum Gasteiger partial charge on any atom is -0.516 e. The number of hydrogen-bond donors (Lipinski definition) is 0. The second kappa shape index (κ2) is 12.4. The summed E-state index contributed by atoms with van der Waals surface area (Å²) < 4.78 is 12.0. The van der Waals surface area contributed by atoms with Gasteiger partial charge >= 0.3 is 37.7 Å². The van der Waals surface area contributed by atoms with Gasteiger partial charge in [0, 0.05) is 34.5 Å². The Labute approximate surface area is 271 Å². The van der Waals surface area contributed by atoms with Crippen molar-refractivity contribution < 1.29 is 9.47 Å². The van der Waals surface area contributed by atoms with E-state index in [4.69, 9.17) is 9.47 Å². The fourth-order valence-corrected chi connectivity index (χ4v) is 5.65. The molecule has 2 unspecified atom stereocenters. The van der Waals surface area contributed by atoms with E-state index in [1.54, 1.807) is 0 Å². The van der Waals surface area contributed by atoms with Crippen LogP contribution in [0.2, 0.25) is 0 Å². The Morgan fingerprint density at radius 2 is 0.756 bits per heavy atom. The Morgan fingerprint density at radius 3 is 1.20 bits per heavy atom. The first-order valence-electron chi connectivity index (χ1n) is 13.5. The number of ether oxygens (including phenoxy) is 2. The van der Waals surface area contributed by atoms with Crippen molar-refractivity contribution in [2.45, 2.75) is 11.8 Å². The monoisotopic (exact) mass is 554 g/mol. The van der Waals surface area contributed by atoms with Crippen molar-refractivity contribution >= 4 is 37.7 Å². The second-order valence-electron chi connectivity index (χ2n) is 9.86. The largest absolute Gasteiger partial charge is 2.00 e. The molecule has 2 aliphatic rings. The maximum Gasteiger partial charge on any atom is 2.00 e. The summed E-state index contributed by atoms with van der Waals surface area (Å²) in [6.07, 6.45) is 0. The van der Waals surface area contributed by atoms with E-state index >= 15 is 0 Å². The molecule has 6 aromatic rings. The Hall–Kier alpha value is -3.82. The Morgan fingerprint density at radius 1 is 0.390 bits per heavy atom. The minimum absolute atomic E-state index is 0. The number of para-hydroxylation sites is 2. The molecule has 0 aromatic heterocycles. The van der Waals surface area contributed by atoms with E-state index in [9.17, 15) is 0 Å². The molecule has 0 saturated carbocycles. The van der Waals surface area contributed by atoms with Crippen molar-refractivity contribution in [1.29, 1.82) is 0 Å². The van der Waals surface area contributed by atoms with Crippen LogP contribution in [0.15, 0.2) is 146 Å². The average Bonchev–Trinajstić information content (AvgIpc) is 3.03. The first-order chi connectivity index (χ1) is 19.9. The molecule has 3 heteroatoms. The van der Waals surface area contributed by atoms with Crippen LogP contribution in [0.3, 0.4) is 0 Å². The molecule has 2 aliphatic heterocycles. The van der Waals surface area contributed by atoms with E-state index in [1.807, 2.05) is 72.8 Å². The topological polar surface area (TPSA) is 18.5 Å². The van der Waals surface area contributed by atoms with Crippen LogP contribution in [0, 0.1) is 12.1 Å². The number of benzene rings is 6. The summed E-state index contributed by atoms with van der Waals surface area (Å²) in [5.41, 5.74) is 7.16. The minimum atomic E-state index is 0. The molecule has 6 aromatic carbocycles. The summed E-state index contributed by atoms with van der Waals surface area (Å²) >= 11 is 0. The normalized spacial score (nSPS) is 15.5. The molecule has 0 spiro atoms. The molecule has 2 heterocycles.